The first kappa shape index (κ1) is 15.5. The lowest BCUT2D eigenvalue weighted by Gasteiger charge is -2.29. The van der Waals surface area contributed by atoms with Crippen molar-refractivity contribution in [1.29, 1.82) is 0 Å². The molecule has 0 spiro atoms. The zero-order valence-corrected chi connectivity index (χ0v) is 12.9. The maximum absolute atomic E-state index is 12.6. The SMILES string of the molecule is O=C(ON1CCOCC1)N(Cc1ccccc1)c1ccccc1. The van der Waals surface area contributed by atoms with E-state index in [4.69, 9.17) is 9.57 Å². The van der Waals surface area contributed by atoms with Gasteiger partial charge in [-0.1, -0.05) is 48.5 Å². The van der Waals surface area contributed by atoms with Crippen molar-refractivity contribution in [2.75, 3.05) is 31.2 Å². The molecule has 2 aromatic carbocycles. The van der Waals surface area contributed by atoms with E-state index < -0.39 is 0 Å². The molecule has 0 aliphatic carbocycles. The van der Waals surface area contributed by atoms with Crippen LogP contribution in [0.2, 0.25) is 0 Å². The van der Waals surface area contributed by atoms with Crippen LogP contribution in [0.15, 0.2) is 60.7 Å². The lowest BCUT2D eigenvalue weighted by Crippen LogP contribution is -2.42. The molecule has 5 heteroatoms. The van der Waals surface area contributed by atoms with E-state index in [1.807, 2.05) is 60.7 Å². The smallest absolute Gasteiger partial charge is 0.379 e. The Bertz CT molecular complexity index is 613. The summed E-state index contributed by atoms with van der Waals surface area (Å²) in [7, 11) is 0. The minimum atomic E-state index is -0.373. The van der Waals surface area contributed by atoms with Crippen LogP contribution in [-0.2, 0) is 16.1 Å². The summed E-state index contributed by atoms with van der Waals surface area (Å²) in [5.74, 6) is 0. The van der Waals surface area contributed by atoms with E-state index in [0.29, 0.717) is 32.8 Å². The van der Waals surface area contributed by atoms with Crippen LogP contribution in [0.5, 0.6) is 0 Å². The molecule has 3 rings (SSSR count). The number of morpholine rings is 1. The van der Waals surface area contributed by atoms with Crippen molar-refractivity contribution in [3.05, 3.63) is 66.2 Å². The highest BCUT2D eigenvalue weighted by atomic mass is 16.7. The molecule has 0 N–H and O–H groups in total. The Hall–Kier alpha value is -2.37. The van der Waals surface area contributed by atoms with E-state index >= 15 is 0 Å². The zero-order valence-electron chi connectivity index (χ0n) is 12.9. The van der Waals surface area contributed by atoms with E-state index in [1.165, 1.54) is 0 Å². The van der Waals surface area contributed by atoms with E-state index in [1.54, 1.807) is 9.96 Å². The fourth-order valence-electron chi connectivity index (χ4n) is 2.43. The summed E-state index contributed by atoms with van der Waals surface area (Å²) < 4.78 is 5.28. The minimum absolute atomic E-state index is 0.373. The molecule has 23 heavy (non-hydrogen) atoms. The monoisotopic (exact) mass is 312 g/mol. The molecule has 5 nitrogen and oxygen atoms in total. The molecule has 1 aliphatic heterocycles. The number of rotatable bonds is 4. The second-order valence-corrected chi connectivity index (χ2v) is 5.31. The maximum Gasteiger partial charge on any atom is 0.433 e. The predicted octanol–water partition coefficient (Wildman–Crippen LogP) is 3.08. The topological polar surface area (TPSA) is 42.0 Å². The van der Waals surface area contributed by atoms with Crippen LogP contribution in [0.1, 0.15) is 5.56 Å². The molecule has 1 heterocycles. The first-order valence-electron chi connectivity index (χ1n) is 7.74. The van der Waals surface area contributed by atoms with E-state index in [0.717, 1.165) is 11.3 Å². The summed E-state index contributed by atoms with van der Waals surface area (Å²) in [5, 5.41) is 1.66. The van der Waals surface area contributed by atoms with Crippen molar-refractivity contribution in [1.82, 2.24) is 5.06 Å². The standard InChI is InChI=1S/C18H20N2O3/c21-18(23-19-11-13-22-14-12-19)20(17-9-5-2-6-10-17)15-16-7-3-1-4-8-16/h1-10H,11-15H2. The molecule has 1 aliphatic rings. The van der Waals surface area contributed by atoms with Gasteiger partial charge in [-0.2, -0.15) is 0 Å². The molecule has 0 aromatic heterocycles. The maximum atomic E-state index is 12.6. The molecule has 0 atom stereocenters. The fraction of sp³-hybridized carbons (Fsp3) is 0.278. The van der Waals surface area contributed by atoms with Crippen LogP contribution in [-0.4, -0.2) is 37.5 Å². The Morgan fingerprint density at radius 2 is 1.61 bits per heavy atom. The van der Waals surface area contributed by atoms with E-state index in [9.17, 15) is 4.79 Å². The molecule has 2 aromatic rings. The number of ether oxygens (including phenoxy) is 1. The summed E-state index contributed by atoms with van der Waals surface area (Å²) in [4.78, 5) is 19.8. The number of nitrogens with zero attached hydrogens (tertiary/aromatic N) is 2. The quantitative estimate of drug-likeness (QED) is 0.870. The minimum Gasteiger partial charge on any atom is -0.379 e. The molecular formula is C18H20N2O3. The number of amides is 1. The second-order valence-electron chi connectivity index (χ2n) is 5.31. The Morgan fingerprint density at radius 1 is 1.00 bits per heavy atom. The number of carbonyl (C=O) groups excluding carboxylic acids is 1. The summed E-state index contributed by atoms with van der Waals surface area (Å²) in [6.45, 7) is 2.82. The third-order valence-electron chi connectivity index (χ3n) is 3.65. The van der Waals surface area contributed by atoms with Gasteiger partial charge in [-0.25, -0.2) is 4.79 Å². The van der Waals surface area contributed by atoms with Gasteiger partial charge in [-0.15, -0.1) is 5.06 Å². The van der Waals surface area contributed by atoms with Gasteiger partial charge in [0.15, 0.2) is 0 Å². The Balaban J connectivity index is 1.75. The van der Waals surface area contributed by atoms with Crippen LogP contribution < -0.4 is 4.90 Å². The van der Waals surface area contributed by atoms with Crippen molar-refractivity contribution in [2.45, 2.75) is 6.54 Å². The highest BCUT2D eigenvalue weighted by Gasteiger charge is 2.22. The van der Waals surface area contributed by atoms with Gasteiger partial charge in [0.05, 0.1) is 32.8 Å². The summed E-state index contributed by atoms with van der Waals surface area (Å²) in [6.07, 6.45) is -0.373. The molecule has 1 saturated heterocycles. The number of hydroxylamine groups is 2. The van der Waals surface area contributed by atoms with Gasteiger partial charge in [0.1, 0.15) is 0 Å². The zero-order chi connectivity index (χ0) is 15.9. The normalized spacial score (nSPS) is 15.1. The second kappa shape index (κ2) is 7.76. The number of benzene rings is 2. The van der Waals surface area contributed by atoms with E-state index in [2.05, 4.69) is 0 Å². The lowest BCUT2D eigenvalue weighted by atomic mass is 10.2. The molecule has 1 amide bonds. The summed E-state index contributed by atoms with van der Waals surface area (Å²) in [6, 6.07) is 19.4. The highest BCUT2D eigenvalue weighted by molar-refractivity contribution is 5.87. The molecule has 0 saturated carbocycles. The highest BCUT2D eigenvalue weighted by Crippen LogP contribution is 2.18. The molecule has 0 unspecified atom stereocenters. The van der Waals surface area contributed by atoms with Gasteiger partial charge >= 0.3 is 6.09 Å². The van der Waals surface area contributed by atoms with Crippen LogP contribution in [0, 0.1) is 0 Å². The first-order chi connectivity index (χ1) is 11.3. The third kappa shape index (κ3) is 4.31. The van der Waals surface area contributed by atoms with Crippen LogP contribution in [0.4, 0.5) is 10.5 Å². The van der Waals surface area contributed by atoms with E-state index in [-0.39, 0.29) is 6.09 Å². The number of para-hydroxylation sites is 1. The van der Waals surface area contributed by atoms with Gasteiger partial charge in [0.2, 0.25) is 0 Å². The summed E-state index contributed by atoms with van der Waals surface area (Å²) >= 11 is 0. The number of carbonyl (C=O) groups is 1. The molecule has 1 fully saturated rings. The first-order valence-corrected chi connectivity index (χ1v) is 7.74. The third-order valence-corrected chi connectivity index (χ3v) is 3.65. The Kier molecular flexibility index (Phi) is 5.24. The van der Waals surface area contributed by atoms with Crippen molar-refractivity contribution in [3.8, 4) is 0 Å². The molecule has 120 valence electrons. The molecule has 0 radical (unpaired) electrons. The average Bonchev–Trinajstić information content (AvgIpc) is 2.62. The summed E-state index contributed by atoms with van der Waals surface area (Å²) in [5.41, 5.74) is 1.87. The predicted molar refractivity (Wildman–Crippen MR) is 87.9 cm³/mol. The largest absolute Gasteiger partial charge is 0.433 e. The van der Waals surface area contributed by atoms with Gasteiger partial charge in [0.25, 0.3) is 0 Å². The Morgan fingerprint density at radius 3 is 2.26 bits per heavy atom. The molecule has 0 bridgehead atoms. The average molecular weight is 312 g/mol. The van der Waals surface area contributed by atoms with Gasteiger partial charge in [-0.3, -0.25) is 4.90 Å². The van der Waals surface area contributed by atoms with Gasteiger partial charge in [-0.05, 0) is 17.7 Å². The lowest BCUT2D eigenvalue weighted by molar-refractivity contribution is -0.144. The van der Waals surface area contributed by atoms with Crippen LogP contribution >= 0.6 is 0 Å². The van der Waals surface area contributed by atoms with Crippen LogP contribution in [0.25, 0.3) is 0 Å². The fourth-order valence-corrected chi connectivity index (χ4v) is 2.43. The number of hydrogen-bond donors (Lipinski definition) is 0. The Labute approximate surface area is 136 Å². The van der Waals surface area contributed by atoms with Crippen LogP contribution in [0.3, 0.4) is 0 Å². The van der Waals surface area contributed by atoms with Gasteiger partial charge < -0.3 is 9.57 Å². The van der Waals surface area contributed by atoms with Crippen molar-refractivity contribution in [2.24, 2.45) is 0 Å². The van der Waals surface area contributed by atoms with Crippen molar-refractivity contribution >= 4 is 11.8 Å². The van der Waals surface area contributed by atoms with Gasteiger partial charge in [0, 0.05) is 5.69 Å². The number of anilines is 1. The van der Waals surface area contributed by atoms with Crippen molar-refractivity contribution < 1.29 is 14.4 Å². The molecular weight excluding hydrogens is 292 g/mol. The number of hydrogen-bond acceptors (Lipinski definition) is 4. The van der Waals surface area contributed by atoms with Crippen molar-refractivity contribution in [3.63, 3.8) is 0 Å².